The van der Waals surface area contributed by atoms with E-state index < -0.39 is 29.5 Å². The van der Waals surface area contributed by atoms with Gasteiger partial charge in [0.2, 0.25) is 0 Å². The fourth-order valence-electron chi connectivity index (χ4n) is 2.54. The van der Waals surface area contributed by atoms with Crippen LogP contribution in [0.1, 0.15) is 28.9 Å². The Morgan fingerprint density at radius 2 is 2.00 bits per heavy atom. The van der Waals surface area contributed by atoms with Gasteiger partial charge in [-0.05, 0) is 25.0 Å². The number of hydrogen-bond donors (Lipinski definition) is 2. The van der Waals surface area contributed by atoms with E-state index in [2.05, 4.69) is 10.3 Å². The minimum atomic E-state index is -4.45. The van der Waals surface area contributed by atoms with Crippen LogP contribution in [0, 0.1) is 5.92 Å². The van der Waals surface area contributed by atoms with E-state index in [9.17, 15) is 22.8 Å². The van der Waals surface area contributed by atoms with E-state index in [-0.39, 0.29) is 17.3 Å². The smallest absolute Gasteiger partial charge is 0.416 e. The number of thiazole rings is 1. The molecule has 1 aliphatic carbocycles. The molecule has 0 aliphatic heterocycles. The quantitative estimate of drug-likeness (QED) is 0.864. The third kappa shape index (κ3) is 3.81. The lowest BCUT2D eigenvalue weighted by atomic mass is 9.80. The summed E-state index contributed by atoms with van der Waals surface area (Å²) in [4.78, 5) is 26.9. The van der Waals surface area contributed by atoms with Gasteiger partial charge in [-0.15, -0.1) is 11.3 Å². The summed E-state index contributed by atoms with van der Waals surface area (Å²) < 4.78 is 38.3. The molecule has 1 heterocycles. The van der Waals surface area contributed by atoms with E-state index in [1.807, 2.05) is 0 Å². The molecule has 1 aliphatic rings. The van der Waals surface area contributed by atoms with Gasteiger partial charge in [-0.25, -0.2) is 4.98 Å². The Labute approximate surface area is 144 Å². The van der Waals surface area contributed by atoms with Gasteiger partial charge in [0.05, 0.1) is 11.5 Å². The third-order valence-electron chi connectivity index (χ3n) is 4.00. The molecule has 1 aromatic carbocycles. The van der Waals surface area contributed by atoms with Gasteiger partial charge in [0.25, 0.3) is 5.91 Å². The molecule has 2 N–H and O–H groups in total. The molecule has 0 atom stereocenters. The number of rotatable bonds is 4. The number of carbonyl (C=O) groups excluding carboxylic acids is 1. The number of aromatic nitrogens is 1. The number of carboxylic acid groups (broad SMARTS) is 1. The van der Waals surface area contributed by atoms with Crippen LogP contribution in [0.25, 0.3) is 10.6 Å². The maximum atomic E-state index is 12.8. The first kappa shape index (κ1) is 17.4. The maximum absolute atomic E-state index is 12.8. The Kier molecular flexibility index (Phi) is 4.51. The molecule has 1 aromatic heterocycles. The van der Waals surface area contributed by atoms with E-state index in [0.717, 1.165) is 23.5 Å². The normalized spacial score (nSPS) is 20.0. The van der Waals surface area contributed by atoms with E-state index in [4.69, 9.17) is 5.11 Å². The predicted octanol–water partition coefficient (Wildman–Crippen LogP) is 3.42. The van der Waals surface area contributed by atoms with Crippen LogP contribution >= 0.6 is 11.3 Å². The lowest BCUT2D eigenvalue weighted by Crippen LogP contribution is -2.46. The van der Waals surface area contributed by atoms with Gasteiger partial charge in [-0.2, -0.15) is 13.2 Å². The van der Waals surface area contributed by atoms with Crippen LogP contribution in [0.3, 0.4) is 0 Å². The zero-order valence-electron chi connectivity index (χ0n) is 12.7. The average Bonchev–Trinajstić information content (AvgIpc) is 2.99. The average molecular weight is 370 g/mol. The second kappa shape index (κ2) is 6.47. The molecule has 0 radical (unpaired) electrons. The summed E-state index contributed by atoms with van der Waals surface area (Å²) >= 11 is 1.08. The Balaban J connectivity index is 1.68. The van der Waals surface area contributed by atoms with Gasteiger partial charge in [0.15, 0.2) is 0 Å². The zero-order chi connectivity index (χ0) is 18.2. The fraction of sp³-hybridized carbons (Fsp3) is 0.312. The largest absolute Gasteiger partial charge is 0.481 e. The van der Waals surface area contributed by atoms with Crippen molar-refractivity contribution in [2.24, 2.45) is 5.92 Å². The summed E-state index contributed by atoms with van der Waals surface area (Å²) in [5, 5.41) is 13.3. The molecule has 1 amide bonds. The van der Waals surface area contributed by atoms with Crippen LogP contribution in [-0.2, 0) is 11.0 Å². The molecule has 5 nitrogen and oxygen atoms in total. The van der Waals surface area contributed by atoms with Crippen molar-refractivity contribution in [3.63, 3.8) is 0 Å². The summed E-state index contributed by atoms with van der Waals surface area (Å²) in [7, 11) is 0. The first-order valence-electron chi connectivity index (χ1n) is 7.41. The number of carboxylic acids is 1. The van der Waals surface area contributed by atoms with Crippen LogP contribution in [0.4, 0.5) is 13.2 Å². The van der Waals surface area contributed by atoms with Crippen molar-refractivity contribution in [3.8, 4) is 10.6 Å². The molecule has 0 bridgehead atoms. The second-order valence-electron chi connectivity index (χ2n) is 5.79. The number of nitrogens with one attached hydrogen (secondary N) is 1. The minimum Gasteiger partial charge on any atom is -0.481 e. The van der Waals surface area contributed by atoms with Crippen molar-refractivity contribution in [1.29, 1.82) is 0 Å². The highest BCUT2D eigenvalue weighted by Gasteiger charge is 2.35. The zero-order valence-corrected chi connectivity index (χ0v) is 13.5. The molecule has 2 aromatic rings. The van der Waals surface area contributed by atoms with Crippen LogP contribution in [0.15, 0.2) is 29.6 Å². The summed E-state index contributed by atoms with van der Waals surface area (Å²) in [6.07, 6.45) is -3.71. The highest BCUT2D eigenvalue weighted by Crippen LogP contribution is 2.33. The Hall–Kier alpha value is -2.42. The van der Waals surface area contributed by atoms with Crippen molar-refractivity contribution >= 4 is 23.2 Å². The number of hydrogen-bond acceptors (Lipinski definition) is 4. The number of alkyl halides is 3. The Morgan fingerprint density at radius 3 is 2.64 bits per heavy atom. The van der Waals surface area contributed by atoms with Crippen LogP contribution in [-0.4, -0.2) is 28.0 Å². The summed E-state index contributed by atoms with van der Waals surface area (Å²) in [6, 6.07) is 4.54. The van der Waals surface area contributed by atoms with Gasteiger partial charge in [0.1, 0.15) is 10.7 Å². The van der Waals surface area contributed by atoms with E-state index in [1.165, 1.54) is 17.5 Å². The van der Waals surface area contributed by atoms with Crippen molar-refractivity contribution in [1.82, 2.24) is 10.3 Å². The van der Waals surface area contributed by atoms with E-state index in [0.29, 0.717) is 17.8 Å². The number of aliphatic carboxylic acids is 1. The Morgan fingerprint density at radius 1 is 1.28 bits per heavy atom. The van der Waals surface area contributed by atoms with E-state index in [1.54, 1.807) is 0 Å². The fourth-order valence-corrected chi connectivity index (χ4v) is 3.33. The molecule has 0 spiro atoms. The third-order valence-corrected chi connectivity index (χ3v) is 4.89. The highest BCUT2D eigenvalue weighted by atomic mass is 32.1. The summed E-state index contributed by atoms with van der Waals surface area (Å²) in [6.45, 7) is 0. The molecular formula is C16H13F3N2O3S. The standard InChI is InChI=1S/C16H13F3N2O3S/c17-16(18,19)10-3-1-2-8(4-10)14-21-12(7-25-14)13(22)20-11-5-9(6-11)15(23)24/h1-4,7,9,11H,5-6H2,(H,20,22)(H,23,24). The molecule has 1 fully saturated rings. The van der Waals surface area contributed by atoms with Gasteiger partial charge in [-0.1, -0.05) is 12.1 Å². The van der Waals surface area contributed by atoms with Gasteiger partial charge in [-0.3, -0.25) is 9.59 Å². The SMILES string of the molecule is O=C(NC1CC(C(=O)O)C1)c1csc(-c2cccc(C(F)(F)F)c2)n1. The molecule has 1 saturated carbocycles. The van der Waals surface area contributed by atoms with Crippen LogP contribution in [0.5, 0.6) is 0 Å². The van der Waals surface area contributed by atoms with Crippen molar-refractivity contribution in [3.05, 3.63) is 40.9 Å². The number of benzene rings is 1. The number of amides is 1. The molecule has 132 valence electrons. The predicted molar refractivity (Wildman–Crippen MR) is 84.2 cm³/mol. The molecule has 0 saturated heterocycles. The first-order valence-corrected chi connectivity index (χ1v) is 8.29. The monoisotopic (exact) mass is 370 g/mol. The summed E-state index contributed by atoms with van der Waals surface area (Å²) in [5.41, 5.74) is -0.384. The first-order chi connectivity index (χ1) is 11.7. The van der Waals surface area contributed by atoms with Crippen LogP contribution in [0.2, 0.25) is 0 Å². The number of carbonyl (C=O) groups is 2. The molecular weight excluding hydrogens is 357 g/mol. The Bertz CT molecular complexity index is 813. The molecule has 25 heavy (non-hydrogen) atoms. The minimum absolute atomic E-state index is 0.108. The highest BCUT2D eigenvalue weighted by molar-refractivity contribution is 7.13. The van der Waals surface area contributed by atoms with Crippen molar-refractivity contribution < 1.29 is 27.9 Å². The number of halogens is 3. The molecule has 9 heteroatoms. The second-order valence-corrected chi connectivity index (χ2v) is 6.65. The lowest BCUT2D eigenvalue weighted by molar-refractivity contribution is -0.145. The topological polar surface area (TPSA) is 79.3 Å². The molecule has 3 rings (SSSR count). The maximum Gasteiger partial charge on any atom is 0.416 e. The van der Waals surface area contributed by atoms with Gasteiger partial charge < -0.3 is 10.4 Å². The van der Waals surface area contributed by atoms with Gasteiger partial charge in [0, 0.05) is 17.0 Å². The van der Waals surface area contributed by atoms with Crippen molar-refractivity contribution in [2.75, 3.05) is 0 Å². The van der Waals surface area contributed by atoms with E-state index >= 15 is 0 Å². The lowest BCUT2D eigenvalue weighted by Gasteiger charge is -2.32. The van der Waals surface area contributed by atoms with Gasteiger partial charge >= 0.3 is 12.1 Å². The van der Waals surface area contributed by atoms with Crippen molar-refractivity contribution in [2.45, 2.75) is 25.1 Å². The molecule has 0 unspecified atom stereocenters. The van der Waals surface area contributed by atoms with Crippen LogP contribution < -0.4 is 5.32 Å². The number of nitrogens with zero attached hydrogens (tertiary/aromatic N) is 1. The summed E-state index contributed by atoms with van der Waals surface area (Å²) in [5.74, 6) is -1.78.